The lowest BCUT2D eigenvalue weighted by atomic mass is 10.2. The third-order valence-electron chi connectivity index (χ3n) is 1.92. The summed E-state index contributed by atoms with van der Waals surface area (Å²) in [6.45, 7) is 1.94. The molecule has 2 heterocycles. The van der Waals surface area contributed by atoms with Crippen molar-refractivity contribution in [2.45, 2.75) is 13.5 Å². The SMILES string of the molecule is Cc1nc(CNC(=O)c2ccncc2)no1. The first-order valence-electron chi connectivity index (χ1n) is 4.73. The maximum absolute atomic E-state index is 11.6. The molecule has 0 bridgehead atoms. The zero-order valence-corrected chi connectivity index (χ0v) is 8.67. The van der Waals surface area contributed by atoms with Crippen LogP contribution in [0.3, 0.4) is 0 Å². The van der Waals surface area contributed by atoms with Gasteiger partial charge in [0.2, 0.25) is 5.89 Å². The summed E-state index contributed by atoms with van der Waals surface area (Å²) >= 11 is 0. The fourth-order valence-corrected chi connectivity index (χ4v) is 1.18. The van der Waals surface area contributed by atoms with Crippen LogP contribution < -0.4 is 5.32 Å². The average Bonchev–Trinajstić information content (AvgIpc) is 2.73. The van der Waals surface area contributed by atoms with E-state index in [1.165, 1.54) is 0 Å². The highest BCUT2D eigenvalue weighted by atomic mass is 16.5. The third-order valence-corrected chi connectivity index (χ3v) is 1.92. The molecular formula is C10H10N4O2. The zero-order valence-electron chi connectivity index (χ0n) is 8.67. The minimum atomic E-state index is -0.190. The van der Waals surface area contributed by atoms with Crippen molar-refractivity contribution < 1.29 is 9.32 Å². The Hall–Kier alpha value is -2.24. The molecule has 2 rings (SSSR count). The Kier molecular flexibility index (Phi) is 2.90. The Morgan fingerprint density at radius 3 is 2.81 bits per heavy atom. The molecule has 0 spiro atoms. The van der Waals surface area contributed by atoms with Gasteiger partial charge in [-0.1, -0.05) is 5.16 Å². The van der Waals surface area contributed by atoms with E-state index in [1.807, 2.05) is 0 Å². The highest BCUT2D eigenvalue weighted by molar-refractivity contribution is 5.93. The molecule has 0 atom stereocenters. The van der Waals surface area contributed by atoms with Crippen molar-refractivity contribution in [3.63, 3.8) is 0 Å². The number of carbonyl (C=O) groups excluding carboxylic acids is 1. The lowest BCUT2D eigenvalue weighted by Gasteiger charge is -2.00. The minimum absolute atomic E-state index is 0.190. The van der Waals surface area contributed by atoms with Crippen LogP contribution in [0.25, 0.3) is 0 Å². The number of aryl methyl sites for hydroxylation is 1. The van der Waals surface area contributed by atoms with E-state index in [-0.39, 0.29) is 12.5 Å². The second-order valence-electron chi connectivity index (χ2n) is 3.15. The average molecular weight is 218 g/mol. The third kappa shape index (κ3) is 2.41. The molecular weight excluding hydrogens is 208 g/mol. The second-order valence-corrected chi connectivity index (χ2v) is 3.15. The normalized spacial score (nSPS) is 10.1. The number of pyridine rings is 1. The first kappa shape index (κ1) is 10.3. The largest absolute Gasteiger partial charge is 0.345 e. The van der Waals surface area contributed by atoms with Crippen molar-refractivity contribution in [1.82, 2.24) is 20.4 Å². The van der Waals surface area contributed by atoms with Crippen LogP contribution in [-0.4, -0.2) is 21.0 Å². The Labute approximate surface area is 91.7 Å². The van der Waals surface area contributed by atoms with Crippen LogP contribution in [0.2, 0.25) is 0 Å². The van der Waals surface area contributed by atoms with Gasteiger partial charge in [0.15, 0.2) is 5.82 Å². The monoisotopic (exact) mass is 218 g/mol. The van der Waals surface area contributed by atoms with Gasteiger partial charge in [-0.25, -0.2) is 0 Å². The molecule has 2 aromatic rings. The van der Waals surface area contributed by atoms with Crippen LogP contribution >= 0.6 is 0 Å². The Bertz CT molecular complexity index is 481. The summed E-state index contributed by atoms with van der Waals surface area (Å²) in [4.78, 5) is 19.4. The standard InChI is InChI=1S/C10H10N4O2/c1-7-13-9(14-16-7)6-12-10(15)8-2-4-11-5-3-8/h2-5H,6H2,1H3,(H,12,15). The van der Waals surface area contributed by atoms with Crippen molar-refractivity contribution in [2.24, 2.45) is 0 Å². The molecule has 0 aromatic carbocycles. The Morgan fingerprint density at radius 2 is 2.19 bits per heavy atom. The maximum Gasteiger partial charge on any atom is 0.251 e. The van der Waals surface area contributed by atoms with E-state index in [2.05, 4.69) is 20.4 Å². The van der Waals surface area contributed by atoms with E-state index < -0.39 is 0 Å². The number of rotatable bonds is 3. The van der Waals surface area contributed by atoms with Crippen LogP contribution in [0.1, 0.15) is 22.1 Å². The number of aromatic nitrogens is 3. The van der Waals surface area contributed by atoms with Gasteiger partial charge in [-0.3, -0.25) is 9.78 Å². The predicted octanol–water partition coefficient (Wildman–Crippen LogP) is 0.703. The number of nitrogens with one attached hydrogen (secondary N) is 1. The second kappa shape index (κ2) is 4.52. The van der Waals surface area contributed by atoms with E-state index in [0.29, 0.717) is 17.3 Å². The van der Waals surface area contributed by atoms with E-state index >= 15 is 0 Å². The number of carbonyl (C=O) groups is 1. The first-order valence-corrected chi connectivity index (χ1v) is 4.73. The minimum Gasteiger partial charge on any atom is -0.345 e. The molecule has 0 saturated carbocycles. The molecule has 0 aliphatic carbocycles. The van der Waals surface area contributed by atoms with Gasteiger partial charge in [0, 0.05) is 24.9 Å². The number of amides is 1. The lowest BCUT2D eigenvalue weighted by Crippen LogP contribution is -2.23. The van der Waals surface area contributed by atoms with Gasteiger partial charge in [0.25, 0.3) is 5.91 Å². The van der Waals surface area contributed by atoms with Gasteiger partial charge in [-0.2, -0.15) is 4.98 Å². The highest BCUT2D eigenvalue weighted by Gasteiger charge is 2.06. The summed E-state index contributed by atoms with van der Waals surface area (Å²) in [5.74, 6) is 0.748. The Morgan fingerprint density at radius 1 is 1.44 bits per heavy atom. The molecule has 0 aliphatic rings. The molecule has 2 aromatic heterocycles. The molecule has 6 heteroatoms. The number of hydrogen-bond acceptors (Lipinski definition) is 5. The summed E-state index contributed by atoms with van der Waals surface area (Å²) in [5.41, 5.74) is 0.551. The van der Waals surface area contributed by atoms with Gasteiger partial charge in [-0.05, 0) is 12.1 Å². The van der Waals surface area contributed by atoms with Gasteiger partial charge in [-0.15, -0.1) is 0 Å². The fraction of sp³-hybridized carbons (Fsp3) is 0.200. The summed E-state index contributed by atoms with van der Waals surface area (Å²) in [6, 6.07) is 3.27. The molecule has 1 amide bonds. The molecule has 1 N–H and O–H groups in total. The van der Waals surface area contributed by atoms with Crippen molar-refractivity contribution in [3.05, 3.63) is 41.8 Å². The Balaban J connectivity index is 1.94. The molecule has 82 valence electrons. The first-order chi connectivity index (χ1) is 7.75. The number of hydrogen-bond donors (Lipinski definition) is 1. The molecule has 0 fully saturated rings. The van der Waals surface area contributed by atoms with Crippen molar-refractivity contribution in [2.75, 3.05) is 0 Å². The smallest absolute Gasteiger partial charge is 0.251 e. The van der Waals surface area contributed by atoms with E-state index in [0.717, 1.165) is 0 Å². The van der Waals surface area contributed by atoms with Crippen molar-refractivity contribution in [1.29, 1.82) is 0 Å². The summed E-state index contributed by atoms with van der Waals surface area (Å²) < 4.78 is 4.78. The quantitative estimate of drug-likeness (QED) is 0.820. The van der Waals surface area contributed by atoms with Gasteiger partial charge >= 0.3 is 0 Å². The van der Waals surface area contributed by atoms with Crippen LogP contribution in [-0.2, 0) is 6.54 Å². The van der Waals surface area contributed by atoms with E-state index in [1.54, 1.807) is 31.5 Å². The number of nitrogens with zero attached hydrogens (tertiary/aromatic N) is 3. The molecule has 16 heavy (non-hydrogen) atoms. The van der Waals surface area contributed by atoms with Gasteiger partial charge < -0.3 is 9.84 Å². The van der Waals surface area contributed by atoms with Crippen LogP contribution in [0.4, 0.5) is 0 Å². The molecule has 0 unspecified atom stereocenters. The summed E-state index contributed by atoms with van der Waals surface area (Å²) in [7, 11) is 0. The van der Waals surface area contributed by atoms with Crippen molar-refractivity contribution >= 4 is 5.91 Å². The molecule has 0 radical (unpaired) electrons. The molecule has 0 saturated heterocycles. The van der Waals surface area contributed by atoms with Crippen molar-refractivity contribution in [3.8, 4) is 0 Å². The fourth-order valence-electron chi connectivity index (χ4n) is 1.18. The summed E-state index contributed by atoms with van der Waals surface area (Å²) in [5, 5.41) is 6.35. The molecule has 6 nitrogen and oxygen atoms in total. The lowest BCUT2D eigenvalue weighted by molar-refractivity contribution is 0.0949. The topological polar surface area (TPSA) is 80.9 Å². The van der Waals surface area contributed by atoms with Crippen LogP contribution in [0, 0.1) is 6.92 Å². The van der Waals surface area contributed by atoms with E-state index in [4.69, 9.17) is 4.52 Å². The highest BCUT2D eigenvalue weighted by Crippen LogP contribution is 1.98. The summed E-state index contributed by atoms with van der Waals surface area (Å²) in [6.07, 6.45) is 3.13. The van der Waals surface area contributed by atoms with E-state index in [9.17, 15) is 4.79 Å². The molecule has 0 aliphatic heterocycles. The zero-order chi connectivity index (χ0) is 11.4. The van der Waals surface area contributed by atoms with Crippen LogP contribution in [0.15, 0.2) is 29.0 Å². The predicted molar refractivity (Wildman–Crippen MR) is 54.4 cm³/mol. The van der Waals surface area contributed by atoms with Gasteiger partial charge in [0.1, 0.15) is 0 Å². The van der Waals surface area contributed by atoms with Gasteiger partial charge in [0.05, 0.1) is 6.54 Å². The maximum atomic E-state index is 11.6. The van der Waals surface area contributed by atoms with Crippen LogP contribution in [0.5, 0.6) is 0 Å².